The Morgan fingerprint density at radius 1 is 0.952 bits per heavy atom. The zero-order valence-corrected chi connectivity index (χ0v) is 18.2. The van der Waals surface area contributed by atoms with Gasteiger partial charge in [-0.2, -0.15) is 7.05 Å². The van der Waals surface area contributed by atoms with Crippen LogP contribution in [0.4, 0.5) is 0 Å². The Morgan fingerprint density at radius 2 is 1.43 bits per heavy atom. The molecular formula is C16H26N2O2U. The number of hydrogen-bond acceptors (Lipinski definition) is 2. The maximum absolute atomic E-state index is 6.75. The Kier molecular flexibility index (Phi) is 13.1. The summed E-state index contributed by atoms with van der Waals surface area (Å²) >= 11 is 0. The molecule has 1 rings (SSSR count). The second kappa shape index (κ2) is 12.1. The number of nitrogens with zero attached hydrogens (tertiary/aromatic N) is 2. The first-order valence-electron chi connectivity index (χ1n) is 6.66. The minimum atomic E-state index is 0. The summed E-state index contributed by atoms with van der Waals surface area (Å²) < 4.78 is 11.1. The normalized spacial score (nSPS) is 9.24. The summed E-state index contributed by atoms with van der Waals surface area (Å²) in [6, 6.07) is 0. The predicted molar refractivity (Wildman–Crippen MR) is 86.7 cm³/mol. The summed E-state index contributed by atoms with van der Waals surface area (Å²) in [5, 5.41) is 10.9. The topological polar surface area (TPSA) is 54.9 Å². The fraction of sp³-hybridized carbons (Fsp3) is 0.562. The molecule has 0 atom stereocenters. The van der Waals surface area contributed by atoms with Gasteiger partial charge in [0, 0.05) is 5.56 Å². The first-order chi connectivity index (χ1) is 9.58. The molecule has 116 valence electrons. The summed E-state index contributed by atoms with van der Waals surface area (Å²) in [6.45, 7) is 9.41. The zero-order valence-electron chi connectivity index (χ0n) is 14.0. The van der Waals surface area contributed by atoms with Crippen LogP contribution in [-0.4, -0.2) is 34.5 Å². The van der Waals surface area contributed by atoms with Crippen molar-refractivity contribution in [3.05, 3.63) is 33.0 Å². The molecule has 21 heavy (non-hydrogen) atoms. The zero-order chi connectivity index (χ0) is 15.7. The van der Waals surface area contributed by atoms with Crippen LogP contribution in [0.3, 0.4) is 0 Å². The molecule has 1 aromatic rings. The number of methoxy groups -OCH3 is 2. The average molecular weight is 516 g/mol. The molecule has 0 fully saturated rings. The van der Waals surface area contributed by atoms with E-state index < -0.39 is 0 Å². The van der Waals surface area contributed by atoms with Crippen molar-refractivity contribution in [3.8, 4) is 11.5 Å². The molecule has 0 saturated carbocycles. The maximum Gasteiger partial charge on any atom is 2.00 e. The molecule has 0 amide bonds. The van der Waals surface area contributed by atoms with Crippen molar-refractivity contribution in [2.45, 2.75) is 33.6 Å². The monoisotopic (exact) mass is 516 g/mol. The third-order valence-corrected chi connectivity index (χ3v) is 3.53. The quantitative estimate of drug-likeness (QED) is 0.427. The van der Waals surface area contributed by atoms with Crippen molar-refractivity contribution < 1.29 is 40.6 Å². The van der Waals surface area contributed by atoms with E-state index in [-0.39, 0.29) is 31.1 Å². The van der Waals surface area contributed by atoms with Crippen molar-refractivity contribution in [2.24, 2.45) is 0 Å². The summed E-state index contributed by atoms with van der Waals surface area (Å²) in [7, 11) is 5.32. The molecule has 5 heteroatoms. The van der Waals surface area contributed by atoms with Crippen LogP contribution in [-0.2, 0) is 6.42 Å². The van der Waals surface area contributed by atoms with Gasteiger partial charge in [-0.05, 0) is 43.9 Å². The summed E-state index contributed by atoms with van der Waals surface area (Å²) in [5.74, 6) is 1.98. The molecule has 4 nitrogen and oxygen atoms in total. The second-order valence-electron chi connectivity index (χ2n) is 4.56. The third kappa shape index (κ3) is 5.65. The van der Waals surface area contributed by atoms with Gasteiger partial charge in [-0.1, -0.05) is 6.42 Å². The van der Waals surface area contributed by atoms with Gasteiger partial charge < -0.3 is 20.2 Å². The molecule has 0 aromatic heterocycles. The number of benzene rings is 1. The number of ether oxygens (including phenoxy) is 2. The van der Waals surface area contributed by atoms with E-state index in [1.54, 1.807) is 14.2 Å². The van der Waals surface area contributed by atoms with Gasteiger partial charge in [-0.15, -0.1) is 6.54 Å². The molecule has 0 spiro atoms. The van der Waals surface area contributed by atoms with Gasteiger partial charge in [0.05, 0.1) is 14.2 Å². The van der Waals surface area contributed by atoms with E-state index in [1.165, 1.54) is 16.7 Å². The SMILES string of the molecule is C=[N-].C[N-]CCCc1c(C)c(OC)c(C)c(C)c1OC.[U+2]. The molecule has 0 aliphatic carbocycles. The molecule has 0 radical (unpaired) electrons. The molecule has 1 aromatic carbocycles. The third-order valence-electron chi connectivity index (χ3n) is 3.53. The maximum atomic E-state index is 6.75. The largest absolute Gasteiger partial charge is 2.00 e. The summed E-state index contributed by atoms with van der Waals surface area (Å²) in [5.41, 5.74) is 4.77. The van der Waals surface area contributed by atoms with Crippen LogP contribution in [0.5, 0.6) is 11.5 Å². The Morgan fingerprint density at radius 3 is 1.86 bits per heavy atom. The standard InChI is InChI=1S/C15H24NO2.CH2N.U/c1-10-11(2)15(18-6)13(8-7-9-16-4)12(3)14(10)17-5;1-2;/h7-9H2,1-6H3;1H2;/q2*-1;+2. The van der Waals surface area contributed by atoms with Gasteiger partial charge in [-0.25, -0.2) is 6.72 Å². The fourth-order valence-corrected chi connectivity index (χ4v) is 2.45. The van der Waals surface area contributed by atoms with Crippen molar-refractivity contribution >= 4 is 6.72 Å². The number of rotatable bonds is 6. The van der Waals surface area contributed by atoms with Crippen LogP contribution in [0.25, 0.3) is 10.7 Å². The second-order valence-corrected chi connectivity index (χ2v) is 4.56. The van der Waals surface area contributed by atoms with Crippen LogP contribution >= 0.6 is 0 Å². The molecular weight excluding hydrogens is 490 g/mol. The fourth-order valence-electron chi connectivity index (χ4n) is 2.45. The smallest absolute Gasteiger partial charge is 0.817 e. The van der Waals surface area contributed by atoms with Crippen LogP contribution in [0.1, 0.15) is 28.7 Å². The molecule has 0 heterocycles. The predicted octanol–water partition coefficient (Wildman–Crippen LogP) is 3.82. The van der Waals surface area contributed by atoms with E-state index in [0.717, 1.165) is 36.4 Å². The van der Waals surface area contributed by atoms with E-state index in [4.69, 9.17) is 14.9 Å². The van der Waals surface area contributed by atoms with Crippen molar-refractivity contribution in [1.82, 2.24) is 0 Å². The first-order valence-corrected chi connectivity index (χ1v) is 6.66. The van der Waals surface area contributed by atoms with Gasteiger partial charge in [-0.3, -0.25) is 0 Å². The van der Waals surface area contributed by atoms with E-state index in [0.29, 0.717) is 0 Å². The van der Waals surface area contributed by atoms with Crippen molar-refractivity contribution in [2.75, 3.05) is 27.8 Å². The number of hydrogen-bond donors (Lipinski definition) is 0. The first kappa shape index (κ1) is 22.8. The Labute approximate surface area is 152 Å². The summed E-state index contributed by atoms with van der Waals surface area (Å²) in [4.78, 5) is 0. The minimum Gasteiger partial charge on any atom is -0.817 e. The van der Waals surface area contributed by atoms with Crippen LogP contribution in [0, 0.1) is 51.9 Å². The van der Waals surface area contributed by atoms with Crippen LogP contribution in [0.15, 0.2) is 0 Å². The molecule has 0 N–H and O–H groups in total. The molecule has 0 bridgehead atoms. The van der Waals surface area contributed by atoms with Crippen molar-refractivity contribution in [1.29, 1.82) is 0 Å². The van der Waals surface area contributed by atoms with Gasteiger partial charge in [0.2, 0.25) is 0 Å². The van der Waals surface area contributed by atoms with Crippen LogP contribution in [0.2, 0.25) is 0 Å². The van der Waals surface area contributed by atoms with Gasteiger partial charge in [0.25, 0.3) is 0 Å². The van der Waals surface area contributed by atoms with Gasteiger partial charge >= 0.3 is 31.1 Å². The van der Waals surface area contributed by atoms with E-state index in [9.17, 15) is 0 Å². The minimum absolute atomic E-state index is 0. The van der Waals surface area contributed by atoms with E-state index >= 15 is 0 Å². The van der Waals surface area contributed by atoms with Crippen molar-refractivity contribution in [3.63, 3.8) is 0 Å². The Hall–Kier alpha value is -0.498. The molecule has 0 saturated heterocycles. The van der Waals surface area contributed by atoms with Gasteiger partial charge in [0.15, 0.2) is 0 Å². The summed E-state index contributed by atoms with van der Waals surface area (Å²) in [6.07, 6.45) is 2.02. The molecule has 0 unspecified atom stereocenters. The molecule has 0 aliphatic rings. The van der Waals surface area contributed by atoms with E-state index in [2.05, 4.69) is 32.8 Å². The Balaban J connectivity index is 0. The van der Waals surface area contributed by atoms with Crippen LogP contribution < -0.4 is 9.47 Å². The molecule has 0 aliphatic heterocycles. The van der Waals surface area contributed by atoms with E-state index in [1.807, 2.05) is 7.05 Å². The Bertz CT molecular complexity index is 437. The average Bonchev–Trinajstić information content (AvgIpc) is 2.47. The van der Waals surface area contributed by atoms with Gasteiger partial charge in [0.1, 0.15) is 11.5 Å².